The highest BCUT2D eigenvalue weighted by molar-refractivity contribution is 5.99. The zero-order chi connectivity index (χ0) is 9.90. The van der Waals surface area contributed by atoms with E-state index in [1.807, 2.05) is 0 Å². The Kier molecular flexibility index (Phi) is 2.87. The number of methoxy groups -OCH3 is 1. The molecule has 1 aliphatic rings. The van der Waals surface area contributed by atoms with Gasteiger partial charge in [0.05, 0.1) is 7.11 Å². The van der Waals surface area contributed by atoms with E-state index < -0.39 is 17.4 Å². The Morgan fingerprint density at radius 3 is 2.31 bits per heavy atom. The maximum Gasteiger partial charge on any atom is 0.323 e. The molecule has 74 valence electrons. The van der Waals surface area contributed by atoms with Gasteiger partial charge in [-0.2, -0.15) is 0 Å². The minimum absolute atomic E-state index is 0.301. The smallest absolute Gasteiger partial charge is 0.323 e. The van der Waals surface area contributed by atoms with E-state index in [0.29, 0.717) is 25.9 Å². The topological polar surface area (TPSA) is 75.6 Å². The Morgan fingerprint density at radius 1 is 1.38 bits per heavy atom. The Hall–Kier alpha value is -1.10. The van der Waals surface area contributed by atoms with Crippen molar-refractivity contribution in [1.82, 2.24) is 5.32 Å². The fraction of sp³-hybridized carbons (Fsp3) is 0.750. The number of esters is 1. The number of carbonyl (C=O) groups is 2. The molecule has 1 heterocycles. The first kappa shape index (κ1) is 9.98. The van der Waals surface area contributed by atoms with E-state index in [2.05, 4.69) is 10.1 Å². The molecule has 5 heteroatoms. The van der Waals surface area contributed by atoms with Crippen LogP contribution in [0.5, 0.6) is 0 Å². The van der Waals surface area contributed by atoms with Crippen molar-refractivity contribution in [3.05, 3.63) is 0 Å². The monoisotopic (exact) mass is 187 g/mol. The number of carboxylic acid groups (broad SMARTS) is 1. The summed E-state index contributed by atoms with van der Waals surface area (Å²) in [5.74, 6) is -1.72. The molecule has 1 aliphatic heterocycles. The predicted octanol–water partition coefficient (Wildman–Crippen LogP) is -0.386. The zero-order valence-corrected chi connectivity index (χ0v) is 7.50. The second-order valence-electron chi connectivity index (χ2n) is 3.13. The summed E-state index contributed by atoms with van der Waals surface area (Å²) in [7, 11) is 1.22. The summed E-state index contributed by atoms with van der Waals surface area (Å²) in [5, 5.41) is 12.0. The molecular formula is C8H13NO4. The second-order valence-corrected chi connectivity index (χ2v) is 3.13. The molecule has 13 heavy (non-hydrogen) atoms. The van der Waals surface area contributed by atoms with Gasteiger partial charge in [0.15, 0.2) is 5.41 Å². The number of ether oxygens (including phenoxy) is 1. The standard InChI is InChI=1S/C8H13NO4/c1-13-7(12)8(6(10)11)2-4-9-5-3-8/h9H,2-5H2,1H3,(H,10,11). The maximum absolute atomic E-state index is 11.3. The molecule has 0 atom stereocenters. The Balaban J connectivity index is 2.85. The van der Waals surface area contributed by atoms with Gasteiger partial charge in [0.25, 0.3) is 0 Å². The van der Waals surface area contributed by atoms with Gasteiger partial charge in [-0.05, 0) is 25.9 Å². The van der Waals surface area contributed by atoms with Crippen LogP contribution in [0.4, 0.5) is 0 Å². The van der Waals surface area contributed by atoms with Crippen LogP contribution in [0.3, 0.4) is 0 Å². The van der Waals surface area contributed by atoms with Gasteiger partial charge in [0.2, 0.25) is 0 Å². The molecule has 0 bridgehead atoms. The van der Waals surface area contributed by atoms with Crippen molar-refractivity contribution >= 4 is 11.9 Å². The number of carboxylic acids is 1. The van der Waals surface area contributed by atoms with E-state index in [9.17, 15) is 9.59 Å². The van der Waals surface area contributed by atoms with Crippen LogP contribution < -0.4 is 5.32 Å². The second kappa shape index (κ2) is 3.74. The van der Waals surface area contributed by atoms with Crippen molar-refractivity contribution in [2.24, 2.45) is 5.41 Å². The number of hydrogen-bond donors (Lipinski definition) is 2. The van der Waals surface area contributed by atoms with Crippen LogP contribution in [0.15, 0.2) is 0 Å². The third-order valence-corrected chi connectivity index (χ3v) is 2.44. The van der Waals surface area contributed by atoms with Crippen LogP contribution in [0.25, 0.3) is 0 Å². The lowest BCUT2D eigenvalue weighted by atomic mass is 9.79. The summed E-state index contributed by atoms with van der Waals surface area (Å²) in [6, 6.07) is 0. The van der Waals surface area contributed by atoms with Gasteiger partial charge < -0.3 is 15.2 Å². The lowest BCUT2D eigenvalue weighted by molar-refractivity contribution is -0.169. The summed E-state index contributed by atoms with van der Waals surface area (Å²) in [6.45, 7) is 1.09. The Bertz CT molecular complexity index is 220. The predicted molar refractivity (Wildman–Crippen MR) is 44.2 cm³/mol. The largest absolute Gasteiger partial charge is 0.480 e. The Labute approximate surface area is 76.1 Å². The maximum atomic E-state index is 11.3. The highest BCUT2D eigenvalue weighted by atomic mass is 16.5. The number of nitrogens with one attached hydrogen (secondary N) is 1. The summed E-state index contributed by atoms with van der Waals surface area (Å²) in [6.07, 6.45) is 0.601. The Morgan fingerprint density at radius 2 is 1.92 bits per heavy atom. The average Bonchev–Trinajstić information content (AvgIpc) is 2.17. The van der Waals surface area contributed by atoms with Crippen LogP contribution in [0, 0.1) is 5.41 Å². The third-order valence-electron chi connectivity index (χ3n) is 2.44. The van der Waals surface area contributed by atoms with Crippen molar-refractivity contribution in [2.75, 3.05) is 20.2 Å². The highest BCUT2D eigenvalue weighted by Crippen LogP contribution is 2.30. The van der Waals surface area contributed by atoms with Gasteiger partial charge in [-0.15, -0.1) is 0 Å². The molecule has 0 spiro atoms. The van der Waals surface area contributed by atoms with Crippen LogP contribution in [-0.4, -0.2) is 37.2 Å². The van der Waals surface area contributed by atoms with Gasteiger partial charge in [0.1, 0.15) is 0 Å². The number of hydrogen-bond acceptors (Lipinski definition) is 4. The summed E-state index contributed by atoms with van der Waals surface area (Å²) >= 11 is 0. The molecule has 1 rings (SSSR count). The minimum Gasteiger partial charge on any atom is -0.480 e. The normalized spacial score (nSPS) is 20.7. The molecule has 5 nitrogen and oxygen atoms in total. The van der Waals surface area contributed by atoms with Crippen molar-refractivity contribution in [3.8, 4) is 0 Å². The highest BCUT2D eigenvalue weighted by Gasteiger charge is 2.47. The van der Waals surface area contributed by atoms with Crippen molar-refractivity contribution in [3.63, 3.8) is 0 Å². The first-order chi connectivity index (χ1) is 6.13. The molecule has 0 radical (unpaired) electrons. The van der Waals surface area contributed by atoms with E-state index in [4.69, 9.17) is 5.11 Å². The fourth-order valence-corrected chi connectivity index (χ4v) is 1.55. The molecule has 0 aliphatic carbocycles. The molecule has 1 saturated heterocycles. The number of piperidine rings is 1. The van der Waals surface area contributed by atoms with Crippen molar-refractivity contribution in [1.29, 1.82) is 0 Å². The van der Waals surface area contributed by atoms with Gasteiger partial charge in [0, 0.05) is 0 Å². The molecule has 0 saturated carbocycles. The molecule has 0 aromatic heterocycles. The first-order valence-electron chi connectivity index (χ1n) is 4.16. The lowest BCUT2D eigenvalue weighted by Gasteiger charge is -2.30. The molecule has 2 N–H and O–H groups in total. The van der Waals surface area contributed by atoms with E-state index in [1.165, 1.54) is 7.11 Å². The molecule has 0 amide bonds. The fourth-order valence-electron chi connectivity index (χ4n) is 1.55. The number of aliphatic carboxylic acids is 1. The van der Waals surface area contributed by atoms with Crippen LogP contribution in [0.2, 0.25) is 0 Å². The summed E-state index contributed by atoms with van der Waals surface area (Å²) < 4.78 is 4.51. The summed E-state index contributed by atoms with van der Waals surface area (Å²) in [4.78, 5) is 22.2. The number of carbonyl (C=O) groups excluding carboxylic acids is 1. The van der Waals surface area contributed by atoms with Crippen molar-refractivity contribution < 1.29 is 19.4 Å². The van der Waals surface area contributed by atoms with E-state index >= 15 is 0 Å². The molecule has 1 fully saturated rings. The van der Waals surface area contributed by atoms with Gasteiger partial charge in [-0.25, -0.2) is 0 Å². The SMILES string of the molecule is COC(=O)C1(C(=O)O)CCNCC1. The molecular weight excluding hydrogens is 174 g/mol. The van der Waals surface area contributed by atoms with Gasteiger partial charge >= 0.3 is 11.9 Å². The van der Waals surface area contributed by atoms with E-state index in [0.717, 1.165) is 0 Å². The van der Waals surface area contributed by atoms with Crippen LogP contribution >= 0.6 is 0 Å². The van der Waals surface area contributed by atoms with E-state index in [1.54, 1.807) is 0 Å². The number of rotatable bonds is 2. The average molecular weight is 187 g/mol. The van der Waals surface area contributed by atoms with E-state index in [-0.39, 0.29) is 0 Å². The van der Waals surface area contributed by atoms with Gasteiger partial charge in [-0.3, -0.25) is 9.59 Å². The summed E-state index contributed by atoms with van der Waals surface area (Å²) in [5.41, 5.74) is -1.32. The van der Waals surface area contributed by atoms with Crippen molar-refractivity contribution in [2.45, 2.75) is 12.8 Å². The molecule has 0 unspecified atom stereocenters. The van der Waals surface area contributed by atoms with Gasteiger partial charge in [-0.1, -0.05) is 0 Å². The van der Waals surface area contributed by atoms with Crippen LogP contribution in [0.1, 0.15) is 12.8 Å². The quantitative estimate of drug-likeness (QED) is 0.455. The minimum atomic E-state index is -1.32. The molecule has 0 aromatic carbocycles. The third kappa shape index (κ3) is 1.65. The first-order valence-corrected chi connectivity index (χ1v) is 4.16. The van der Waals surface area contributed by atoms with Crippen LogP contribution in [-0.2, 0) is 14.3 Å². The molecule has 0 aromatic rings. The lowest BCUT2D eigenvalue weighted by Crippen LogP contribution is -2.48. The zero-order valence-electron chi connectivity index (χ0n) is 7.50.